The van der Waals surface area contributed by atoms with Crippen LogP contribution in [0.15, 0.2) is 97.1 Å². The van der Waals surface area contributed by atoms with Crippen LogP contribution in [0.5, 0.6) is 5.75 Å². The van der Waals surface area contributed by atoms with E-state index in [0.29, 0.717) is 12.3 Å². The molecule has 0 saturated carbocycles. The SMILES string of the molecule is O=C(Oc1ccccc1-c1ccccc1)[C@@H]1CC(=O)N(c2cccc3ccccc23)C1. The van der Waals surface area contributed by atoms with Crippen LogP contribution in [0.2, 0.25) is 0 Å². The number of esters is 1. The third-order valence-corrected chi connectivity index (χ3v) is 5.70. The van der Waals surface area contributed by atoms with Crippen LogP contribution in [-0.2, 0) is 9.59 Å². The van der Waals surface area contributed by atoms with E-state index in [-0.39, 0.29) is 18.3 Å². The second-order valence-corrected chi connectivity index (χ2v) is 7.69. The lowest BCUT2D eigenvalue weighted by atomic mass is 10.0. The van der Waals surface area contributed by atoms with Gasteiger partial charge in [0.1, 0.15) is 5.75 Å². The number of rotatable bonds is 4. The standard InChI is InChI=1S/C27H21NO3/c29-26-17-21(18-28(26)24-15-8-12-19-11-4-5-13-22(19)24)27(30)31-25-16-7-6-14-23(25)20-9-2-1-3-10-20/h1-16,21H,17-18H2/t21-/m1/s1. The second-order valence-electron chi connectivity index (χ2n) is 7.69. The van der Waals surface area contributed by atoms with Crippen LogP contribution in [0, 0.1) is 5.92 Å². The predicted molar refractivity (Wildman–Crippen MR) is 122 cm³/mol. The number of para-hydroxylation sites is 1. The van der Waals surface area contributed by atoms with Gasteiger partial charge in [-0.1, -0.05) is 84.9 Å². The maximum absolute atomic E-state index is 13.0. The van der Waals surface area contributed by atoms with Crippen molar-refractivity contribution < 1.29 is 14.3 Å². The van der Waals surface area contributed by atoms with Gasteiger partial charge in [0.25, 0.3) is 0 Å². The van der Waals surface area contributed by atoms with Crippen LogP contribution in [0.25, 0.3) is 21.9 Å². The molecule has 1 atom stereocenters. The highest BCUT2D eigenvalue weighted by Crippen LogP contribution is 2.34. The molecule has 1 amide bonds. The number of carbonyl (C=O) groups is 2. The number of fused-ring (bicyclic) bond motifs is 1. The Morgan fingerprint density at radius 2 is 1.52 bits per heavy atom. The van der Waals surface area contributed by atoms with E-state index in [9.17, 15) is 9.59 Å². The Balaban J connectivity index is 1.38. The summed E-state index contributed by atoms with van der Waals surface area (Å²) >= 11 is 0. The van der Waals surface area contributed by atoms with Crippen LogP contribution in [-0.4, -0.2) is 18.4 Å². The molecule has 4 aromatic carbocycles. The maximum atomic E-state index is 13.0. The first-order chi connectivity index (χ1) is 15.2. The molecular weight excluding hydrogens is 386 g/mol. The highest BCUT2D eigenvalue weighted by molar-refractivity contribution is 6.06. The average Bonchev–Trinajstić information content (AvgIpc) is 3.21. The number of benzene rings is 4. The number of ether oxygens (including phenoxy) is 1. The Hall–Kier alpha value is -3.92. The van der Waals surface area contributed by atoms with Gasteiger partial charge in [-0.15, -0.1) is 0 Å². The van der Waals surface area contributed by atoms with Crippen molar-refractivity contribution in [2.45, 2.75) is 6.42 Å². The van der Waals surface area contributed by atoms with Crippen molar-refractivity contribution in [2.24, 2.45) is 5.92 Å². The van der Waals surface area contributed by atoms with Gasteiger partial charge in [-0.2, -0.15) is 0 Å². The molecule has 5 rings (SSSR count). The average molecular weight is 407 g/mol. The van der Waals surface area contributed by atoms with Crippen LogP contribution >= 0.6 is 0 Å². The summed E-state index contributed by atoms with van der Waals surface area (Å²) in [5.74, 6) is -0.431. The van der Waals surface area contributed by atoms with E-state index >= 15 is 0 Å². The molecule has 4 heteroatoms. The van der Waals surface area contributed by atoms with Gasteiger partial charge in [0.15, 0.2) is 0 Å². The first kappa shape index (κ1) is 19.1. The van der Waals surface area contributed by atoms with Gasteiger partial charge < -0.3 is 9.64 Å². The molecular formula is C27H21NO3. The predicted octanol–water partition coefficient (Wildman–Crippen LogP) is 5.47. The number of hydrogen-bond acceptors (Lipinski definition) is 3. The molecule has 0 aromatic heterocycles. The zero-order chi connectivity index (χ0) is 21.2. The highest BCUT2D eigenvalue weighted by atomic mass is 16.5. The fourth-order valence-electron chi connectivity index (χ4n) is 4.15. The van der Waals surface area contributed by atoms with Crippen molar-refractivity contribution in [3.63, 3.8) is 0 Å². The van der Waals surface area contributed by atoms with E-state index in [1.807, 2.05) is 91.0 Å². The molecule has 1 aliphatic rings. The molecule has 4 aromatic rings. The molecule has 0 bridgehead atoms. The lowest BCUT2D eigenvalue weighted by Crippen LogP contribution is -2.27. The van der Waals surface area contributed by atoms with Gasteiger partial charge in [0.05, 0.1) is 11.6 Å². The van der Waals surface area contributed by atoms with Crippen LogP contribution in [0.3, 0.4) is 0 Å². The summed E-state index contributed by atoms with van der Waals surface area (Å²) < 4.78 is 5.79. The van der Waals surface area contributed by atoms with E-state index in [0.717, 1.165) is 27.6 Å². The molecule has 1 aliphatic heterocycles. The summed E-state index contributed by atoms with van der Waals surface area (Å²) in [7, 11) is 0. The van der Waals surface area contributed by atoms with Crippen molar-refractivity contribution in [3.05, 3.63) is 97.1 Å². The molecule has 0 radical (unpaired) electrons. The third-order valence-electron chi connectivity index (χ3n) is 5.70. The van der Waals surface area contributed by atoms with E-state index in [4.69, 9.17) is 4.74 Å². The third kappa shape index (κ3) is 3.68. The molecule has 1 fully saturated rings. The Labute approximate surface area is 180 Å². The van der Waals surface area contributed by atoms with Gasteiger partial charge in [0.2, 0.25) is 5.91 Å². The monoisotopic (exact) mass is 407 g/mol. The summed E-state index contributed by atoms with van der Waals surface area (Å²) in [5, 5.41) is 2.07. The fraction of sp³-hybridized carbons (Fsp3) is 0.111. The van der Waals surface area contributed by atoms with Crippen LogP contribution < -0.4 is 9.64 Å². The number of nitrogens with zero attached hydrogens (tertiary/aromatic N) is 1. The van der Waals surface area contributed by atoms with E-state index in [2.05, 4.69) is 0 Å². The van der Waals surface area contributed by atoms with Crippen LogP contribution in [0.1, 0.15) is 6.42 Å². The lowest BCUT2D eigenvalue weighted by molar-refractivity contribution is -0.139. The summed E-state index contributed by atoms with van der Waals surface area (Å²) in [6.45, 7) is 0.319. The van der Waals surface area contributed by atoms with Gasteiger partial charge in [-0.3, -0.25) is 9.59 Å². The zero-order valence-corrected chi connectivity index (χ0v) is 16.9. The maximum Gasteiger partial charge on any atom is 0.316 e. The summed E-state index contributed by atoms with van der Waals surface area (Å²) in [4.78, 5) is 27.5. The normalized spacial score (nSPS) is 15.9. The van der Waals surface area contributed by atoms with E-state index in [1.165, 1.54) is 0 Å². The molecule has 0 unspecified atom stereocenters. The molecule has 31 heavy (non-hydrogen) atoms. The van der Waals surface area contributed by atoms with Crippen molar-refractivity contribution in [1.29, 1.82) is 0 Å². The molecule has 1 heterocycles. The highest BCUT2D eigenvalue weighted by Gasteiger charge is 2.37. The van der Waals surface area contributed by atoms with Crippen LogP contribution in [0.4, 0.5) is 5.69 Å². The Bertz CT molecular complexity index is 1260. The van der Waals surface area contributed by atoms with Gasteiger partial charge in [-0.05, 0) is 23.1 Å². The largest absolute Gasteiger partial charge is 0.426 e. The van der Waals surface area contributed by atoms with Crippen molar-refractivity contribution in [3.8, 4) is 16.9 Å². The minimum Gasteiger partial charge on any atom is -0.426 e. The minimum absolute atomic E-state index is 0.0605. The first-order valence-corrected chi connectivity index (χ1v) is 10.3. The molecule has 0 spiro atoms. The van der Waals surface area contributed by atoms with E-state index < -0.39 is 5.92 Å². The van der Waals surface area contributed by atoms with Gasteiger partial charge in [0, 0.05) is 23.9 Å². The van der Waals surface area contributed by atoms with E-state index in [1.54, 1.807) is 11.0 Å². The minimum atomic E-state index is -0.504. The van der Waals surface area contributed by atoms with Crippen molar-refractivity contribution in [2.75, 3.05) is 11.4 Å². The van der Waals surface area contributed by atoms with Crippen molar-refractivity contribution >= 4 is 28.3 Å². The number of amides is 1. The summed E-state index contributed by atoms with van der Waals surface area (Å²) in [5.41, 5.74) is 2.67. The molecule has 152 valence electrons. The quantitative estimate of drug-likeness (QED) is 0.333. The number of carbonyl (C=O) groups excluding carboxylic acids is 2. The van der Waals surface area contributed by atoms with Crippen molar-refractivity contribution in [1.82, 2.24) is 0 Å². The summed E-state index contributed by atoms with van der Waals surface area (Å²) in [6.07, 6.45) is 0.148. The topological polar surface area (TPSA) is 46.6 Å². The molecule has 0 N–H and O–H groups in total. The lowest BCUT2D eigenvalue weighted by Gasteiger charge is -2.19. The second kappa shape index (κ2) is 8.07. The van der Waals surface area contributed by atoms with Gasteiger partial charge in [-0.25, -0.2) is 0 Å². The fourth-order valence-corrected chi connectivity index (χ4v) is 4.15. The van der Waals surface area contributed by atoms with Gasteiger partial charge >= 0.3 is 5.97 Å². The molecule has 0 aliphatic carbocycles. The Morgan fingerprint density at radius 3 is 2.39 bits per heavy atom. The Morgan fingerprint density at radius 1 is 0.806 bits per heavy atom. The molecule has 1 saturated heterocycles. The number of anilines is 1. The Kier molecular flexibility index (Phi) is 4.97. The number of hydrogen-bond donors (Lipinski definition) is 0. The molecule has 4 nitrogen and oxygen atoms in total. The zero-order valence-electron chi connectivity index (χ0n) is 16.9. The summed E-state index contributed by atoms with van der Waals surface area (Å²) in [6, 6.07) is 31.1. The first-order valence-electron chi connectivity index (χ1n) is 10.3. The smallest absolute Gasteiger partial charge is 0.316 e.